The molecule has 0 saturated heterocycles. The molecule has 2 N–H and O–H groups in total. The van der Waals surface area contributed by atoms with Gasteiger partial charge in [0, 0.05) is 5.02 Å². The average Bonchev–Trinajstić information content (AvgIpc) is 2.11. The Labute approximate surface area is 91.3 Å². The van der Waals surface area contributed by atoms with Gasteiger partial charge in [0.2, 0.25) is 0 Å². The fourth-order valence-corrected chi connectivity index (χ4v) is 1.56. The second-order valence-electron chi connectivity index (χ2n) is 4.63. The third kappa shape index (κ3) is 3.00. The normalized spacial score (nSPS) is 11.8. The molecular weight excluding hydrogens is 194 g/mol. The van der Waals surface area contributed by atoms with Crippen LogP contribution in [0.4, 0.5) is 0 Å². The summed E-state index contributed by atoms with van der Waals surface area (Å²) in [7, 11) is 0. The third-order valence-electron chi connectivity index (χ3n) is 2.46. The number of rotatable bonds is 3. The van der Waals surface area contributed by atoms with E-state index in [1.54, 1.807) is 0 Å². The molecule has 0 heterocycles. The molecule has 0 aromatic heterocycles. The standard InChI is InChI=1S/C12H18ClN/c1-9-6-10(4-5-11(9)13)7-12(2,3)8-14/h4-6H,7-8,14H2,1-3H3. The molecule has 0 saturated carbocycles. The van der Waals surface area contributed by atoms with Crippen molar-refractivity contribution in [2.75, 3.05) is 6.54 Å². The van der Waals surface area contributed by atoms with E-state index in [9.17, 15) is 0 Å². The van der Waals surface area contributed by atoms with Gasteiger partial charge in [0.05, 0.1) is 0 Å². The van der Waals surface area contributed by atoms with Crippen molar-refractivity contribution < 1.29 is 0 Å². The fourth-order valence-electron chi connectivity index (χ4n) is 1.44. The van der Waals surface area contributed by atoms with Gasteiger partial charge in [-0.1, -0.05) is 37.6 Å². The smallest absolute Gasteiger partial charge is 0.0435 e. The highest BCUT2D eigenvalue weighted by Gasteiger charge is 2.16. The second kappa shape index (κ2) is 4.33. The zero-order chi connectivity index (χ0) is 10.8. The Morgan fingerprint density at radius 3 is 2.50 bits per heavy atom. The SMILES string of the molecule is Cc1cc(CC(C)(C)CN)ccc1Cl. The predicted octanol–water partition coefficient (Wildman–Crippen LogP) is 3.18. The van der Waals surface area contributed by atoms with E-state index in [0.29, 0.717) is 6.54 Å². The minimum atomic E-state index is 0.167. The fraction of sp³-hybridized carbons (Fsp3) is 0.500. The highest BCUT2D eigenvalue weighted by molar-refractivity contribution is 6.31. The van der Waals surface area contributed by atoms with Gasteiger partial charge in [0.15, 0.2) is 0 Å². The van der Waals surface area contributed by atoms with E-state index in [1.807, 2.05) is 13.0 Å². The molecule has 0 atom stereocenters. The summed E-state index contributed by atoms with van der Waals surface area (Å²) in [4.78, 5) is 0. The summed E-state index contributed by atoms with van der Waals surface area (Å²) in [5.41, 5.74) is 8.31. The van der Waals surface area contributed by atoms with Crippen molar-refractivity contribution in [2.24, 2.45) is 11.1 Å². The highest BCUT2D eigenvalue weighted by Crippen LogP contribution is 2.23. The zero-order valence-corrected chi connectivity index (χ0v) is 9.86. The molecule has 0 bridgehead atoms. The van der Waals surface area contributed by atoms with Gasteiger partial charge in [0.25, 0.3) is 0 Å². The van der Waals surface area contributed by atoms with E-state index in [0.717, 1.165) is 17.0 Å². The molecular formula is C12H18ClN. The lowest BCUT2D eigenvalue weighted by Gasteiger charge is -2.22. The lowest BCUT2D eigenvalue weighted by Crippen LogP contribution is -2.25. The maximum absolute atomic E-state index is 5.96. The van der Waals surface area contributed by atoms with Gasteiger partial charge < -0.3 is 5.73 Å². The summed E-state index contributed by atoms with van der Waals surface area (Å²) in [6.45, 7) is 7.09. The summed E-state index contributed by atoms with van der Waals surface area (Å²) in [5, 5.41) is 0.833. The van der Waals surface area contributed by atoms with Crippen LogP contribution in [0.5, 0.6) is 0 Å². The Bertz CT molecular complexity index is 318. The first-order valence-electron chi connectivity index (χ1n) is 4.90. The van der Waals surface area contributed by atoms with Crippen LogP contribution in [-0.2, 0) is 6.42 Å². The molecule has 0 fully saturated rings. The molecule has 0 spiro atoms. The molecule has 1 aromatic carbocycles. The first kappa shape index (κ1) is 11.5. The van der Waals surface area contributed by atoms with Crippen LogP contribution in [0.15, 0.2) is 18.2 Å². The Hall–Kier alpha value is -0.530. The van der Waals surface area contributed by atoms with Crippen molar-refractivity contribution in [3.8, 4) is 0 Å². The molecule has 1 rings (SSSR count). The lowest BCUT2D eigenvalue weighted by atomic mass is 9.86. The third-order valence-corrected chi connectivity index (χ3v) is 2.88. The Morgan fingerprint density at radius 2 is 2.00 bits per heavy atom. The van der Waals surface area contributed by atoms with Crippen LogP contribution in [-0.4, -0.2) is 6.54 Å². The van der Waals surface area contributed by atoms with E-state index in [1.165, 1.54) is 5.56 Å². The summed E-state index contributed by atoms with van der Waals surface area (Å²) in [5.74, 6) is 0. The van der Waals surface area contributed by atoms with Crippen molar-refractivity contribution in [1.29, 1.82) is 0 Å². The Kier molecular flexibility index (Phi) is 3.57. The van der Waals surface area contributed by atoms with Crippen molar-refractivity contribution in [3.05, 3.63) is 34.3 Å². The van der Waals surface area contributed by atoms with Crippen molar-refractivity contribution >= 4 is 11.6 Å². The summed E-state index contributed by atoms with van der Waals surface area (Å²) in [6.07, 6.45) is 1.00. The minimum absolute atomic E-state index is 0.167. The van der Waals surface area contributed by atoms with E-state index in [4.69, 9.17) is 17.3 Å². The zero-order valence-electron chi connectivity index (χ0n) is 9.10. The number of hydrogen-bond donors (Lipinski definition) is 1. The number of halogens is 1. The van der Waals surface area contributed by atoms with Crippen LogP contribution in [0.2, 0.25) is 5.02 Å². The Morgan fingerprint density at radius 1 is 1.36 bits per heavy atom. The molecule has 0 unspecified atom stereocenters. The molecule has 0 aliphatic heterocycles. The van der Waals surface area contributed by atoms with Crippen LogP contribution in [0.3, 0.4) is 0 Å². The molecule has 0 amide bonds. The van der Waals surface area contributed by atoms with Gasteiger partial charge in [0.1, 0.15) is 0 Å². The first-order chi connectivity index (χ1) is 6.44. The quantitative estimate of drug-likeness (QED) is 0.817. The molecule has 1 aromatic rings. The van der Waals surface area contributed by atoms with Crippen molar-refractivity contribution in [3.63, 3.8) is 0 Å². The van der Waals surface area contributed by atoms with Crippen LogP contribution in [0.25, 0.3) is 0 Å². The van der Waals surface area contributed by atoms with E-state index in [-0.39, 0.29) is 5.41 Å². The topological polar surface area (TPSA) is 26.0 Å². The Balaban J connectivity index is 2.83. The van der Waals surface area contributed by atoms with E-state index < -0.39 is 0 Å². The van der Waals surface area contributed by atoms with Crippen molar-refractivity contribution in [2.45, 2.75) is 27.2 Å². The number of hydrogen-bond acceptors (Lipinski definition) is 1. The first-order valence-corrected chi connectivity index (χ1v) is 5.27. The number of aryl methyl sites for hydroxylation is 1. The van der Waals surface area contributed by atoms with E-state index >= 15 is 0 Å². The summed E-state index contributed by atoms with van der Waals surface area (Å²) in [6, 6.07) is 6.17. The van der Waals surface area contributed by atoms with Crippen LogP contribution in [0, 0.1) is 12.3 Å². The van der Waals surface area contributed by atoms with Crippen LogP contribution < -0.4 is 5.73 Å². The minimum Gasteiger partial charge on any atom is -0.330 e. The van der Waals surface area contributed by atoms with Gasteiger partial charge in [-0.25, -0.2) is 0 Å². The molecule has 2 heteroatoms. The number of benzene rings is 1. The monoisotopic (exact) mass is 211 g/mol. The predicted molar refractivity (Wildman–Crippen MR) is 62.7 cm³/mol. The van der Waals surface area contributed by atoms with Gasteiger partial charge >= 0.3 is 0 Å². The molecule has 0 radical (unpaired) electrons. The molecule has 1 nitrogen and oxygen atoms in total. The molecule has 0 aliphatic rings. The van der Waals surface area contributed by atoms with Gasteiger partial charge in [-0.2, -0.15) is 0 Å². The van der Waals surface area contributed by atoms with Gasteiger partial charge in [-0.15, -0.1) is 0 Å². The van der Waals surface area contributed by atoms with Gasteiger partial charge in [-0.05, 0) is 42.5 Å². The van der Waals surface area contributed by atoms with Crippen molar-refractivity contribution in [1.82, 2.24) is 0 Å². The van der Waals surface area contributed by atoms with E-state index in [2.05, 4.69) is 26.0 Å². The maximum atomic E-state index is 5.96. The molecule has 78 valence electrons. The lowest BCUT2D eigenvalue weighted by molar-refractivity contribution is 0.377. The van der Waals surface area contributed by atoms with Gasteiger partial charge in [-0.3, -0.25) is 0 Å². The molecule has 14 heavy (non-hydrogen) atoms. The second-order valence-corrected chi connectivity index (χ2v) is 5.04. The number of nitrogens with two attached hydrogens (primary N) is 1. The molecule has 0 aliphatic carbocycles. The van der Waals surface area contributed by atoms with Crippen LogP contribution >= 0.6 is 11.6 Å². The maximum Gasteiger partial charge on any atom is 0.0435 e. The van der Waals surface area contributed by atoms with Crippen LogP contribution in [0.1, 0.15) is 25.0 Å². The summed E-state index contributed by atoms with van der Waals surface area (Å²) >= 11 is 5.96. The summed E-state index contributed by atoms with van der Waals surface area (Å²) < 4.78 is 0. The average molecular weight is 212 g/mol. The highest BCUT2D eigenvalue weighted by atomic mass is 35.5. The largest absolute Gasteiger partial charge is 0.330 e.